The molecule has 2 bridgehead atoms. The average molecular weight is 408 g/mol. The average Bonchev–Trinajstić information content (AvgIpc) is 3.15. The van der Waals surface area contributed by atoms with E-state index in [-0.39, 0.29) is 30.4 Å². The first-order valence-corrected chi connectivity index (χ1v) is 9.28. The highest BCUT2D eigenvalue weighted by Crippen LogP contribution is 2.40. The topological polar surface area (TPSA) is 47.4 Å². The number of rotatable bonds is 4. The van der Waals surface area contributed by atoms with Gasteiger partial charge in [0.15, 0.2) is 6.61 Å². The molecule has 2 aliphatic rings. The van der Waals surface area contributed by atoms with Gasteiger partial charge in [-0.25, -0.2) is 4.39 Å². The molecule has 0 radical (unpaired) electrons. The Kier molecular flexibility index (Phi) is 4.50. The summed E-state index contributed by atoms with van der Waals surface area (Å²) in [6.07, 6.45) is 7.72. The third-order valence-electron chi connectivity index (χ3n) is 5.12. The Hall–Kier alpha value is -1.89. The largest absolute Gasteiger partial charge is 0.484 e. The number of halogens is 2. The lowest BCUT2D eigenvalue weighted by Crippen LogP contribution is -2.48. The molecular formula is C18H19BrFN3O2. The summed E-state index contributed by atoms with van der Waals surface area (Å²) in [7, 11) is 0. The zero-order valence-electron chi connectivity index (χ0n) is 13.6. The second kappa shape index (κ2) is 6.78. The molecule has 2 saturated heterocycles. The van der Waals surface area contributed by atoms with Gasteiger partial charge in [-0.1, -0.05) is 0 Å². The predicted molar refractivity (Wildman–Crippen MR) is 93.7 cm³/mol. The summed E-state index contributed by atoms with van der Waals surface area (Å²) < 4.78 is 21.4. The summed E-state index contributed by atoms with van der Waals surface area (Å²) in [6, 6.07) is 6.57. The number of piperidine rings is 1. The SMILES string of the molecule is O=C(COc1ccc(F)cc1)N1C2CCC1CC(n1cc(Br)cn1)C2. The minimum atomic E-state index is -0.316. The van der Waals surface area contributed by atoms with Crippen LogP contribution in [0, 0.1) is 5.82 Å². The summed E-state index contributed by atoms with van der Waals surface area (Å²) >= 11 is 3.44. The van der Waals surface area contributed by atoms with Crippen molar-refractivity contribution in [3.05, 3.63) is 46.9 Å². The van der Waals surface area contributed by atoms with Gasteiger partial charge < -0.3 is 9.64 Å². The first-order valence-electron chi connectivity index (χ1n) is 8.49. The van der Waals surface area contributed by atoms with Crippen LogP contribution in [0.2, 0.25) is 0 Å². The summed E-state index contributed by atoms with van der Waals surface area (Å²) in [5.41, 5.74) is 0. The molecule has 1 aromatic heterocycles. The van der Waals surface area contributed by atoms with Gasteiger partial charge in [0.2, 0.25) is 0 Å². The number of aromatic nitrogens is 2. The van der Waals surface area contributed by atoms with Crippen LogP contribution in [0.15, 0.2) is 41.1 Å². The maximum absolute atomic E-state index is 12.9. The van der Waals surface area contributed by atoms with Gasteiger partial charge in [0.05, 0.1) is 16.7 Å². The lowest BCUT2D eigenvalue weighted by atomic mass is 9.97. The fourth-order valence-corrected chi connectivity index (χ4v) is 4.34. The molecule has 0 aliphatic carbocycles. The Balaban J connectivity index is 1.38. The monoisotopic (exact) mass is 407 g/mol. The number of hydrogen-bond acceptors (Lipinski definition) is 3. The fraction of sp³-hybridized carbons (Fsp3) is 0.444. The smallest absolute Gasteiger partial charge is 0.261 e. The number of amides is 1. The van der Waals surface area contributed by atoms with E-state index in [0.29, 0.717) is 11.8 Å². The normalized spacial score (nSPS) is 25.2. The van der Waals surface area contributed by atoms with Crippen LogP contribution in [-0.4, -0.2) is 39.3 Å². The van der Waals surface area contributed by atoms with Gasteiger partial charge in [-0.05, 0) is 65.9 Å². The van der Waals surface area contributed by atoms with Crippen LogP contribution in [0.25, 0.3) is 0 Å². The Labute approximate surface area is 153 Å². The maximum Gasteiger partial charge on any atom is 0.261 e. The molecule has 1 amide bonds. The van der Waals surface area contributed by atoms with E-state index in [1.807, 2.05) is 15.8 Å². The highest BCUT2D eigenvalue weighted by molar-refractivity contribution is 9.10. The Bertz CT molecular complexity index is 750. The van der Waals surface area contributed by atoms with E-state index >= 15 is 0 Å². The summed E-state index contributed by atoms with van der Waals surface area (Å²) in [5.74, 6) is 0.208. The maximum atomic E-state index is 12.9. The first kappa shape index (κ1) is 16.6. The van der Waals surface area contributed by atoms with Crippen LogP contribution in [0.3, 0.4) is 0 Å². The number of hydrogen-bond donors (Lipinski definition) is 0. The zero-order chi connectivity index (χ0) is 17.4. The number of fused-ring (bicyclic) bond motifs is 2. The molecule has 2 atom stereocenters. The minimum absolute atomic E-state index is 0.00336. The lowest BCUT2D eigenvalue weighted by Gasteiger charge is -2.39. The highest BCUT2D eigenvalue weighted by atomic mass is 79.9. The predicted octanol–water partition coefficient (Wildman–Crippen LogP) is 3.56. The molecule has 132 valence electrons. The molecule has 5 nitrogen and oxygen atoms in total. The second-order valence-corrected chi connectivity index (χ2v) is 7.61. The van der Waals surface area contributed by atoms with Gasteiger partial charge in [0.1, 0.15) is 11.6 Å². The van der Waals surface area contributed by atoms with Crippen molar-refractivity contribution in [3.8, 4) is 5.75 Å². The van der Waals surface area contributed by atoms with Crippen LogP contribution >= 0.6 is 15.9 Å². The summed E-state index contributed by atoms with van der Waals surface area (Å²) in [6.45, 7) is -0.00336. The van der Waals surface area contributed by atoms with Crippen LogP contribution in [0.5, 0.6) is 5.75 Å². The molecule has 2 aliphatic heterocycles. The molecule has 2 unspecified atom stereocenters. The number of ether oxygens (including phenoxy) is 1. The minimum Gasteiger partial charge on any atom is -0.484 e. The molecule has 2 fully saturated rings. The van der Waals surface area contributed by atoms with E-state index in [1.165, 1.54) is 12.1 Å². The lowest BCUT2D eigenvalue weighted by molar-refractivity contribution is -0.138. The summed E-state index contributed by atoms with van der Waals surface area (Å²) in [5, 5.41) is 4.40. The van der Waals surface area contributed by atoms with E-state index < -0.39 is 0 Å². The molecule has 3 heterocycles. The van der Waals surface area contributed by atoms with E-state index in [1.54, 1.807) is 18.3 Å². The molecule has 4 rings (SSSR count). The van der Waals surface area contributed by atoms with E-state index in [4.69, 9.17) is 4.74 Å². The van der Waals surface area contributed by atoms with Crippen molar-refractivity contribution in [2.75, 3.05) is 6.61 Å². The standard InChI is InChI=1S/C18H19BrFN3O2/c19-12-9-21-22(10-12)16-7-14-3-4-15(8-16)23(14)18(24)11-25-17-5-1-13(20)2-6-17/h1-2,5-6,9-10,14-16H,3-4,7-8,11H2. The third kappa shape index (κ3) is 3.42. The molecule has 0 N–H and O–H groups in total. The summed E-state index contributed by atoms with van der Waals surface area (Å²) in [4.78, 5) is 14.6. The molecule has 2 aromatic rings. The zero-order valence-corrected chi connectivity index (χ0v) is 15.2. The van der Waals surface area contributed by atoms with Gasteiger partial charge in [0.25, 0.3) is 5.91 Å². The Morgan fingerprint density at radius 1 is 1.20 bits per heavy atom. The van der Waals surface area contributed by atoms with Crippen molar-refractivity contribution in [2.24, 2.45) is 0 Å². The van der Waals surface area contributed by atoms with E-state index in [2.05, 4.69) is 21.0 Å². The van der Waals surface area contributed by atoms with Crippen molar-refractivity contribution < 1.29 is 13.9 Å². The number of nitrogens with zero attached hydrogens (tertiary/aromatic N) is 3. The fourth-order valence-electron chi connectivity index (χ4n) is 4.04. The molecule has 0 spiro atoms. The van der Waals surface area contributed by atoms with Gasteiger partial charge in [-0.3, -0.25) is 9.48 Å². The number of benzene rings is 1. The van der Waals surface area contributed by atoms with E-state index in [9.17, 15) is 9.18 Å². The molecular weight excluding hydrogens is 389 g/mol. The Morgan fingerprint density at radius 3 is 2.48 bits per heavy atom. The van der Waals surface area contributed by atoms with Crippen molar-refractivity contribution in [1.82, 2.24) is 14.7 Å². The van der Waals surface area contributed by atoms with Crippen molar-refractivity contribution in [1.29, 1.82) is 0 Å². The Morgan fingerprint density at radius 2 is 1.88 bits per heavy atom. The molecule has 7 heteroatoms. The van der Waals surface area contributed by atoms with Crippen molar-refractivity contribution in [3.63, 3.8) is 0 Å². The highest BCUT2D eigenvalue weighted by Gasteiger charge is 2.43. The van der Waals surface area contributed by atoms with Crippen LogP contribution in [-0.2, 0) is 4.79 Å². The van der Waals surface area contributed by atoms with Crippen LogP contribution < -0.4 is 4.74 Å². The molecule has 25 heavy (non-hydrogen) atoms. The molecule has 1 aromatic carbocycles. The van der Waals surface area contributed by atoms with Crippen molar-refractivity contribution in [2.45, 2.75) is 43.8 Å². The van der Waals surface area contributed by atoms with Crippen LogP contribution in [0.1, 0.15) is 31.7 Å². The van der Waals surface area contributed by atoms with Crippen LogP contribution in [0.4, 0.5) is 4.39 Å². The van der Waals surface area contributed by atoms with E-state index in [0.717, 1.165) is 30.2 Å². The first-order chi connectivity index (χ1) is 12.1. The van der Waals surface area contributed by atoms with Gasteiger partial charge in [-0.15, -0.1) is 0 Å². The van der Waals surface area contributed by atoms with Crippen molar-refractivity contribution >= 4 is 21.8 Å². The second-order valence-electron chi connectivity index (χ2n) is 6.69. The van der Waals surface area contributed by atoms with Gasteiger partial charge in [-0.2, -0.15) is 5.10 Å². The third-order valence-corrected chi connectivity index (χ3v) is 5.53. The van der Waals surface area contributed by atoms with Gasteiger partial charge >= 0.3 is 0 Å². The number of carbonyl (C=O) groups excluding carboxylic acids is 1. The quantitative estimate of drug-likeness (QED) is 0.778. The molecule has 0 saturated carbocycles. The number of carbonyl (C=O) groups is 1. The van der Waals surface area contributed by atoms with Gasteiger partial charge in [0, 0.05) is 18.3 Å².